The van der Waals surface area contributed by atoms with Crippen LogP contribution in [0.1, 0.15) is 5.69 Å². The summed E-state index contributed by atoms with van der Waals surface area (Å²) in [5, 5.41) is 10.5. The lowest BCUT2D eigenvalue weighted by molar-refractivity contribution is -0.143. The zero-order valence-corrected chi connectivity index (χ0v) is 7.17. The van der Waals surface area contributed by atoms with E-state index in [-0.39, 0.29) is 18.0 Å². The van der Waals surface area contributed by atoms with E-state index in [4.69, 9.17) is 11.1 Å². The Balaban J connectivity index is 2.77. The highest BCUT2D eigenvalue weighted by Crippen LogP contribution is 2.18. The third-order valence-corrected chi connectivity index (χ3v) is 1.51. The summed E-state index contributed by atoms with van der Waals surface area (Å²) >= 11 is 0. The van der Waals surface area contributed by atoms with Gasteiger partial charge in [-0.15, -0.1) is 0 Å². The molecule has 3 N–H and O–H groups in total. The first-order valence-corrected chi connectivity index (χ1v) is 3.79. The number of rotatable bonds is 3. The number of aromatic nitrogens is 2. The molecule has 14 heavy (non-hydrogen) atoms. The van der Waals surface area contributed by atoms with Crippen molar-refractivity contribution in [2.45, 2.75) is 19.1 Å². The van der Waals surface area contributed by atoms with Crippen molar-refractivity contribution in [1.29, 1.82) is 5.41 Å². The van der Waals surface area contributed by atoms with E-state index in [1.807, 2.05) is 0 Å². The Morgan fingerprint density at radius 2 is 2.21 bits per heavy atom. The van der Waals surface area contributed by atoms with E-state index in [1.165, 1.54) is 12.3 Å². The predicted molar refractivity (Wildman–Crippen MR) is 43.9 cm³/mol. The molecule has 1 aromatic rings. The maximum atomic E-state index is 12.0. The first kappa shape index (κ1) is 10.6. The van der Waals surface area contributed by atoms with Gasteiger partial charge in [0.05, 0.1) is 5.84 Å². The fraction of sp³-hybridized carbons (Fsp3) is 0.429. The van der Waals surface area contributed by atoms with Crippen molar-refractivity contribution in [2.24, 2.45) is 5.73 Å². The molecule has 0 atom stereocenters. The minimum Gasteiger partial charge on any atom is -0.387 e. The summed E-state index contributed by atoms with van der Waals surface area (Å²) < 4.78 is 36.8. The molecule has 1 heterocycles. The SMILES string of the molecule is N=C(N)Cc1ccnn1CC(F)(F)F. The highest BCUT2D eigenvalue weighted by Gasteiger charge is 2.29. The number of nitrogens with two attached hydrogens (primary N) is 1. The first-order valence-electron chi connectivity index (χ1n) is 3.79. The molecule has 0 spiro atoms. The Morgan fingerprint density at radius 3 is 2.71 bits per heavy atom. The number of nitrogens with one attached hydrogen (secondary N) is 1. The van der Waals surface area contributed by atoms with Gasteiger partial charge in [-0.2, -0.15) is 18.3 Å². The summed E-state index contributed by atoms with van der Waals surface area (Å²) in [6.45, 7) is -1.15. The van der Waals surface area contributed by atoms with Crippen molar-refractivity contribution in [1.82, 2.24) is 9.78 Å². The van der Waals surface area contributed by atoms with Crippen LogP contribution in [-0.4, -0.2) is 21.8 Å². The average molecular weight is 206 g/mol. The fourth-order valence-electron chi connectivity index (χ4n) is 1.02. The van der Waals surface area contributed by atoms with Crippen LogP contribution in [0.25, 0.3) is 0 Å². The summed E-state index contributed by atoms with van der Waals surface area (Å²) in [4.78, 5) is 0. The van der Waals surface area contributed by atoms with Gasteiger partial charge in [0.25, 0.3) is 0 Å². The molecule has 7 heteroatoms. The Kier molecular flexibility index (Phi) is 2.78. The second-order valence-electron chi connectivity index (χ2n) is 2.80. The summed E-state index contributed by atoms with van der Waals surface area (Å²) in [6.07, 6.45) is -3.07. The molecule has 0 amide bonds. The van der Waals surface area contributed by atoms with Crippen LogP contribution in [0.2, 0.25) is 0 Å². The van der Waals surface area contributed by atoms with Crippen molar-refractivity contribution >= 4 is 5.84 Å². The molecular formula is C7H9F3N4. The van der Waals surface area contributed by atoms with Gasteiger partial charge in [-0.3, -0.25) is 10.1 Å². The van der Waals surface area contributed by atoms with E-state index in [2.05, 4.69) is 5.10 Å². The maximum absolute atomic E-state index is 12.0. The van der Waals surface area contributed by atoms with Crippen LogP contribution in [0.15, 0.2) is 12.3 Å². The molecular weight excluding hydrogens is 197 g/mol. The predicted octanol–water partition coefficient (Wildman–Crippen LogP) is 0.924. The molecule has 78 valence electrons. The van der Waals surface area contributed by atoms with Gasteiger partial charge in [-0.1, -0.05) is 0 Å². The standard InChI is InChI=1S/C7H9F3N4/c8-7(9,10)4-14-5(1-2-13-14)3-6(11)12/h1-2H,3-4H2,(H3,11,12). The topological polar surface area (TPSA) is 67.7 Å². The largest absolute Gasteiger partial charge is 0.408 e. The van der Waals surface area contributed by atoms with Gasteiger partial charge in [0.2, 0.25) is 0 Å². The molecule has 0 saturated heterocycles. The van der Waals surface area contributed by atoms with Crippen LogP contribution in [0.5, 0.6) is 0 Å². The van der Waals surface area contributed by atoms with Crippen molar-refractivity contribution in [3.63, 3.8) is 0 Å². The molecule has 4 nitrogen and oxygen atoms in total. The Hall–Kier alpha value is -1.53. The van der Waals surface area contributed by atoms with E-state index < -0.39 is 12.7 Å². The molecule has 0 aliphatic heterocycles. The molecule has 0 aliphatic rings. The van der Waals surface area contributed by atoms with Gasteiger partial charge < -0.3 is 5.73 Å². The highest BCUT2D eigenvalue weighted by molar-refractivity contribution is 5.78. The minimum absolute atomic E-state index is 0.0178. The molecule has 0 fully saturated rings. The van der Waals surface area contributed by atoms with Crippen LogP contribution < -0.4 is 5.73 Å². The lowest BCUT2D eigenvalue weighted by Gasteiger charge is -2.09. The monoisotopic (exact) mass is 206 g/mol. The number of alkyl halides is 3. The van der Waals surface area contributed by atoms with Crippen molar-refractivity contribution in [2.75, 3.05) is 0 Å². The van der Waals surface area contributed by atoms with Crippen LogP contribution in [0.4, 0.5) is 13.2 Å². The smallest absolute Gasteiger partial charge is 0.387 e. The second-order valence-corrected chi connectivity index (χ2v) is 2.80. The Morgan fingerprint density at radius 1 is 1.57 bits per heavy atom. The van der Waals surface area contributed by atoms with Crippen molar-refractivity contribution in [3.05, 3.63) is 18.0 Å². The van der Waals surface area contributed by atoms with Crippen LogP contribution in [0, 0.1) is 5.41 Å². The Bertz CT molecular complexity index is 328. The van der Waals surface area contributed by atoms with Crippen LogP contribution >= 0.6 is 0 Å². The highest BCUT2D eigenvalue weighted by atomic mass is 19.4. The zero-order chi connectivity index (χ0) is 10.8. The molecule has 1 aromatic heterocycles. The molecule has 0 radical (unpaired) electrons. The molecule has 0 aliphatic carbocycles. The normalized spacial score (nSPS) is 11.6. The molecule has 1 rings (SSSR count). The van der Waals surface area contributed by atoms with E-state index in [0.717, 1.165) is 4.68 Å². The number of amidine groups is 1. The molecule has 0 aromatic carbocycles. The fourth-order valence-corrected chi connectivity index (χ4v) is 1.02. The van der Waals surface area contributed by atoms with Gasteiger partial charge >= 0.3 is 6.18 Å². The summed E-state index contributed by atoms with van der Waals surface area (Å²) in [7, 11) is 0. The average Bonchev–Trinajstić information content (AvgIpc) is 2.32. The number of nitrogens with zero attached hydrogens (tertiary/aromatic N) is 2. The van der Waals surface area contributed by atoms with E-state index in [1.54, 1.807) is 0 Å². The zero-order valence-electron chi connectivity index (χ0n) is 7.17. The van der Waals surface area contributed by atoms with Gasteiger partial charge in [0.15, 0.2) is 0 Å². The van der Waals surface area contributed by atoms with Crippen molar-refractivity contribution < 1.29 is 13.2 Å². The van der Waals surface area contributed by atoms with Gasteiger partial charge in [0, 0.05) is 18.3 Å². The van der Waals surface area contributed by atoms with E-state index in [9.17, 15) is 13.2 Å². The molecule has 0 bridgehead atoms. The van der Waals surface area contributed by atoms with E-state index in [0.29, 0.717) is 0 Å². The quantitative estimate of drug-likeness (QED) is 0.570. The Labute approximate surface area is 78.0 Å². The third kappa shape index (κ3) is 3.08. The second kappa shape index (κ2) is 3.69. The number of hydrogen-bond donors (Lipinski definition) is 2. The maximum Gasteiger partial charge on any atom is 0.408 e. The van der Waals surface area contributed by atoms with Crippen molar-refractivity contribution in [3.8, 4) is 0 Å². The summed E-state index contributed by atoms with van der Waals surface area (Å²) in [5.74, 6) is -0.186. The number of hydrogen-bond acceptors (Lipinski definition) is 2. The van der Waals surface area contributed by atoms with Gasteiger partial charge in [-0.25, -0.2) is 0 Å². The summed E-state index contributed by atoms with van der Waals surface area (Å²) in [5.41, 5.74) is 5.36. The van der Waals surface area contributed by atoms with Crippen LogP contribution in [0.3, 0.4) is 0 Å². The lowest BCUT2D eigenvalue weighted by atomic mass is 10.3. The third-order valence-electron chi connectivity index (χ3n) is 1.51. The van der Waals surface area contributed by atoms with Crippen LogP contribution in [-0.2, 0) is 13.0 Å². The molecule has 0 unspecified atom stereocenters. The first-order chi connectivity index (χ1) is 6.38. The van der Waals surface area contributed by atoms with Gasteiger partial charge in [-0.05, 0) is 6.07 Å². The molecule has 0 saturated carbocycles. The van der Waals surface area contributed by atoms with E-state index >= 15 is 0 Å². The van der Waals surface area contributed by atoms with Gasteiger partial charge in [0.1, 0.15) is 6.54 Å². The number of halogens is 3. The lowest BCUT2D eigenvalue weighted by Crippen LogP contribution is -2.22. The summed E-state index contributed by atoms with van der Waals surface area (Å²) in [6, 6.07) is 1.41. The minimum atomic E-state index is -4.31.